The van der Waals surface area contributed by atoms with Gasteiger partial charge in [0, 0.05) is 25.3 Å². The lowest BCUT2D eigenvalue weighted by Gasteiger charge is -2.28. The smallest absolute Gasteiger partial charge is 0.511 e. The second-order valence-electron chi connectivity index (χ2n) is 10.9. The highest BCUT2D eigenvalue weighted by molar-refractivity contribution is 7.90. The maximum Gasteiger partial charge on any atom is 0.511 e. The van der Waals surface area contributed by atoms with Crippen molar-refractivity contribution >= 4 is 22.3 Å². The molecule has 1 amide bonds. The first-order chi connectivity index (χ1) is 22.5. The average Bonchev–Trinajstić information content (AvgIpc) is 3.46. The molecule has 2 aromatic carbocycles. The molecule has 0 saturated carbocycles. The van der Waals surface area contributed by atoms with Crippen molar-refractivity contribution < 1.29 is 55.2 Å². The third kappa shape index (κ3) is 9.49. The molecule has 2 heterocycles. The minimum absolute atomic E-state index is 0.0706. The van der Waals surface area contributed by atoms with Gasteiger partial charge in [0.15, 0.2) is 5.69 Å². The summed E-state index contributed by atoms with van der Waals surface area (Å²) >= 11 is 0. The zero-order valence-electron chi connectivity index (χ0n) is 26.2. The number of aromatic nitrogens is 2. The summed E-state index contributed by atoms with van der Waals surface area (Å²) in [7, 11) is -4.43. The molecule has 1 aliphatic heterocycles. The van der Waals surface area contributed by atoms with E-state index in [0.717, 1.165) is 28.4 Å². The number of hydrogen-bond donors (Lipinski definition) is 1. The van der Waals surface area contributed by atoms with Gasteiger partial charge in [-0.05, 0) is 51.1 Å². The maximum absolute atomic E-state index is 13.5. The Morgan fingerprint density at radius 1 is 1.04 bits per heavy atom. The molecule has 3 aromatic rings. The summed E-state index contributed by atoms with van der Waals surface area (Å²) < 4.78 is 83.9. The molecule has 1 atom stereocenters. The number of nitrogens with zero attached hydrogens (tertiary/aromatic N) is 5. The van der Waals surface area contributed by atoms with Gasteiger partial charge in [0.05, 0.1) is 40.4 Å². The fourth-order valence-electron chi connectivity index (χ4n) is 4.42. The molecule has 0 aliphatic carbocycles. The van der Waals surface area contributed by atoms with Gasteiger partial charge in [-0.15, -0.1) is 5.01 Å². The van der Waals surface area contributed by atoms with Crippen LogP contribution in [0.25, 0.3) is 16.9 Å². The molecule has 1 aliphatic rings. The molecule has 4 rings (SSSR count). The lowest BCUT2D eigenvalue weighted by molar-refractivity contribution is -0.715. The zero-order chi connectivity index (χ0) is 35.2. The van der Waals surface area contributed by atoms with Gasteiger partial charge in [-0.1, -0.05) is 29.8 Å². The summed E-state index contributed by atoms with van der Waals surface area (Å²) in [6, 6.07) is 12.4. The molecule has 0 spiro atoms. The van der Waals surface area contributed by atoms with E-state index in [-0.39, 0.29) is 47.2 Å². The second kappa shape index (κ2) is 14.8. The van der Waals surface area contributed by atoms with Crippen molar-refractivity contribution in [2.75, 3.05) is 13.1 Å². The zero-order valence-corrected chi connectivity index (χ0v) is 27.0. The molecular formula is C29H33F3N6O9S. The minimum Gasteiger partial charge on any atom is -0.569 e. The van der Waals surface area contributed by atoms with Crippen molar-refractivity contribution in [3.8, 4) is 16.9 Å². The first-order valence-electron chi connectivity index (χ1n) is 14.6. The Morgan fingerprint density at radius 3 is 2.25 bits per heavy atom. The lowest BCUT2D eigenvalue weighted by atomic mass is 10.1. The number of rotatable bonds is 10. The van der Waals surface area contributed by atoms with Gasteiger partial charge in [-0.3, -0.25) is 4.84 Å². The molecular weight excluding hydrogens is 665 g/mol. The second-order valence-corrected chi connectivity index (χ2v) is 12.6. The summed E-state index contributed by atoms with van der Waals surface area (Å²) in [6.45, 7) is 6.55. The number of alkyl halides is 3. The molecule has 0 radical (unpaired) electrons. The third-order valence-electron chi connectivity index (χ3n) is 6.75. The van der Waals surface area contributed by atoms with E-state index < -0.39 is 52.6 Å². The van der Waals surface area contributed by atoms with Crippen molar-refractivity contribution in [2.24, 2.45) is 5.28 Å². The third-order valence-corrected chi connectivity index (χ3v) is 8.08. The molecule has 1 fully saturated rings. The van der Waals surface area contributed by atoms with Gasteiger partial charge in [-0.2, -0.15) is 18.3 Å². The number of nitrogens with one attached hydrogen (secondary N) is 1. The van der Waals surface area contributed by atoms with E-state index >= 15 is 0 Å². The van der Waals surface area contributed by atoms with Crippen molar-refractivity contribution in [1.29, 1.82) is 0 Å². The number of sulfonamides is 1. The van der Waals surface area contributed by atoms with Crippen LogP contribution < -0.4 is 4.72 Å². The highest BCUT2D eigenvalue weighted by Crippen LogP contribution is 2.33. The number of halogens is 3. The summed E-state index contributed by atoms with van der Waals surface area (Å²) in [6.07, 6.45) is -9.02. The highest BCUT2D eigenvalue weighted by Gasteiger charge is 2.35. The number of carbonyl (C=O) groups excluding carboxylic acids is 2. The molecule has 1 N–H and O–H groups in total. The number of hydrazine groups is 1. The van der Waals surface area contributed by atoms with Crippen LogP contribution >= 0.6 is 0 Å². The predicted octanol–water partition coefficient (Wildman–Crippen LogP) is 5.46. The Kier molecular flexibility index (Phi) is 11.0. The minimum atomic E-state index is -4.72. The molecule has 15 nitrogen and oxygen atoms in total. The number of piperidine rings is 1. The Hall–Kier alpha value is -5.07. The maximum atomic E-state index is 13.5. The number of carbonyl (C=O) groups is 2. The van der Waals surface area contributed by atoms with Crippen LogP contribution in [-0.2, 0) is 35.2 Å². The van der Waals surface area contributed by atoms with E-state index in [1.54, 1.807) is 42.8 Å². The van der Waals surface area contributed by atoms with Gasteiger partial charge >= 0.3 is 18.4 Å². The van der Waals surface area contributed by atoms with Gasteiger partial charge in [0.25, 0.3) is 16.3 Å². The molecule has 1 aromatic heterocycles. The normalized spacial score (nSPS) is 15.2. The molecule has 0 bridgehead atoms. The van der Waals surface area contributed by atoms with E-state index in [1.807, 2.05) is 6.92 Å². The molecule has 48 heavy (non-hydrogen) atoms. The first kappa shape index (κ1) is 35.8. The van der Waals surface area contributed by atoms with Crippen LogP contribution in [0.3, 0.4) is 0 Å². The summed E-state index contributed by atoms with van der Waals surface area (Å²) in [5.74, 6) is 0. The van der Waals surface area contributed by atoms with E-state index in [4.69, 9.17) is 19.0 Å². The van der Waals surface area contributed by atoms with Gasteiger partial charge in [0.1, 0.15) is 6.10 Å². The number of amides is 1. The van der Waals surface area contributed by atoms with Crippen LogP contribution in [-0.4, -0.2) is 72.0 Å². The van der Waals surface area contributed by atoms with Crippen molar-refractivity contribution in [2.45, 2.75) is 70.1 Å². The quantitative estimate of drug-likeness (QED) is 0.0935. The van der Waals surface area contributed by atoms with Crippen LogP contribution in [0.15, 0.2) is 64.8 Å². The highest BCUT2D eigenvalue weighted by atomic mass is 32.2. The Bertz CT molecular complexity index is 1720. The summed E-state index contributed by atoms with van der Waals surface area (Å²) in [4.78, 5) is 28.6. The predicted molar refractivity (Wildman–Crippen MR) is 159 cm³/mol. The average molecular weight is 699 g/mol. The fourth-order valence-corrected chi connectivity index (χ4v) is 5.30. The van der Waals surface area contributed by atoms with Crippen molar-refractivity contribution in [3.05, 3.63) is 71.1 Å². The topological polar surface area (TPSA) is 177 Å². The van der Waals surface area contributed by atoms with E-state index in [0.29, 0.717) is 5.56 Å². The van der Waals surface area contributed by atoms with E-state index in [9.17, 15) is 36.4 Å². The van der Waals surface area contributed by atoms with Crippen molar-refractivity contribution in [3.63, 3.8) is 0 Å². The first-order valence-corrected chi connectivity index (χ1v) is 16.0. The monoisotopic (exact) mass is 698 g/mol. The Labute approximate surface area is 273 Å². The Balaban J connectivity index is 1.33. The van der Waals surface area contributed by atoms with Crippen LogP contribution in [0.4, 0.5) is 22.8 Å². The Morgan fingerprint density at radius 2 is 1.67 bits per heavy atom. The van der Waals surface area contributed by atoms with E-state index in [1.165, 1.54) is 24.1 Å². The molecule has 260 valence electrons. The van der Waals surface area contributed by atoms with Crippen LogP contribution in [0.2, 0.25) is 0 Å². The van der Waals surface area contributed by atoms with Crippen LogP contribution in [0, 0.1) is 12.1 Å². The van der Waals surface area contributed by atoms with Crippen molar-refractivity contribution in [1.82, 2.24) is 19.5 Å². The largest absolute Gasteiger partial charge is 0.569 e. The molecule has 19 heteroatoms. The standard InChI is InChI=1S/C29H33F3N6O9S/c1-18(2)44-28(40)45-20(4)47-35-38(41)36-15-13-23(14-16-36)46-27(39)34-48(42,43)24-11-9-22(10-12-24)37-25(17-26(33-37)29(30,31)32)21-7-5-19(3)6-8-21/h5-12,17-18,20,23H,13-16H2,1-4H3,(H,34,39)/b38-35-. The number of aryl methyl sites for hydroxylation is 1. The van der Waals surface area contributed by atoms with Gasteiger partial charge in [-0.25, -0.2) is 27.4 Å². The summed E-state index contributed by atoms with van der Waals surface area (Å²) in [5, 5.41) is 20.5. The van der Waals surface area contributed by atoms with Gasteiger partial charge in [0.2, 0.25) is 5.28 Å². The molecule has 1 saturated heterocycles. The lowest BCUT2D eigenvalue weighted by Crippen LogP contribution is -2.43. The van der Waals surface area contributed by atoms with Crippen LogP contribution in [0.1, 0.15) is 44.9 Å². The number of hydrogen-bond acceptors (Lipinski definition) is 11. The fraction of sp³-hybridized carbons (Fsp3) is 0.414. The number of benzene rings is 2. The van der Waals surface area contributed by atoms with E-state index in [2.05, 4.69) is 10.4 Å². The summed E-state index contributed by atoms with van der Waals surface area (Å²) in [5.41, 5.74) is 0.531. The molecule has 1 unspecified atom stereocenters. The SMILES string of the molecule is Cc1ccc(-c2cc(C(F)(F)F)nn2-c2ccc(S(=O)(=O)NC(=O)OC3CCN(/[N+]([O-])=N/OC(C)OC(=O)OC(C)C)CC3)cc2)cc1. The number of ether oxygens (including phenoxy) is 3. The van der Waals surface area contributed by atoms with Crippen LogP contribution in [0.5, 0.6) is 0 Å². The van der Waals surface area contributed by atoms with Gasteiger partial charge < -0.3 is 19.4 Å².